The molecule has 1 unspecified atom stereocenters. The number of benzene rings is 1. The molecule has 0 spiro atoms. The highest BCUT2D eigenvalue weighted by Gasteiger charge is 2.32. The van der Waals surface area contributed by atoms with Gasteiger partial charge in [0.2, 0.25) is 10.0 Å². The van der Waals surface area contributed by atoms with Gasteiger partial charge < -0.3 is 14.6 Å². The maximum Gasteiger partial charge on any atom is 0.321 e. The second kappa shape index (κ2) is 8.44. The van der Waals surface area contributed by atoms with Crippen molar-refractivity contribution in [2.24, 2.45) is 0 Å². The molecule has 146 valence electrons. The van der Waals surface area contributed by atoms with E-state index in [0.717, 1.165) is 10.1 Å². The second-order valence-corrected chi connectivity index (χ2v) is 8.98. The number of carbonyl (C=O) groups is 2. The van der Waals surface area contributed by atoms with Crippen molar-refractivity contribution in [3.05, 3.63) is 35.2 Å². The minimum absolute atomic E-state index is 0.0631. The van der Waals surface area contributed by atoms with Gasteiger partial charge in [0, 0.05) is 24.2 Å². The van der Waals surface area contributed by atoms with Gasteiger partial charge in [-0.15, -0.1) is 11.3 Å². The summed E-state index contributed by atoms with van der Waals surface area (Å²) >= 11 is 1.59. The number of nitrogens with zero attached hydrogens (tertiary/aromatic N) is 1. The van der Waals surface area contributed by atoms with E-state index in [4.69, 9.17) is 4.74 Å². The highest BCUT2D eigenvalue weighted by Crippen LogP contribution is 2.22. The molecular weight excluding hydrogens is 392 g/mol. The molecule has 27 heavy (non-hydrogen) atoms. The van der Waals surface area contributed by atoms with Crippen LogP contribution in [0, 0.1) is 0 Å². The van der Waals surface area contributed by atoms with E-state index >= 15 is 0 Å². The van der Waals surface area contributed by atoms with Crippen LogP contribution in [-0.2, 0) is 30.1 Å². The van der Waals surface area contributed by atoms with Gasteiger partial charge in [-0.05, 0) is 34.5 Å². The molecule has 1 aliphatic heterocycles. The van der Waals surface area contributed by atoms with Crippen LogP contribution in [0.25, 0.3) is 10.1 Å². The fraction of sp³-hybridized carbons (Fsp3) is 0.412. The lowest BCUT2D eigenvalue weighted by molar-refractivity contribution is -0.148. The van der Waals surface area contributed by atoms with Gasteiger partial charge >= 0.3 is 5.97 Å². The van der Waals surface area contributed by atoms with Crippen LogP contribution < -0.4 is 4.72 Å². The summed E-state index contributed by atoms with van der Waals surface area (Å²) in [7, 11) is -3.68. The molecule has 10 heteroatoms. The molecule has 1 fully saturated rings. The van der Waals surface area contributed by atoms with Crippen LogP contribution >= 0.6 is 11.3 Å². The first kappa shape index (κ1) is 19.9. The van der Waals surface area contributed by atoms with E-state index in [0.29, 0.717) is 18.4 Å². The number of hydrogen-bond acceptors (Lipinski definition) is 7. The monoisotopic (exact) mass is 412 g/mol. The van der Waals surface area contributed by atoms with Crippen molar-refractivity contribution in [2.45, 2.75) is 24.4 Å². The first-order valence-electron chi connectivity index (χ1n) is 8.36. The van der Waals surface area contributed by atoms with Gasteiger partial charge in [0.1, 0.15) is 18.6 Å². The Kier molecular flexibility index (Phi) is 6.22. The number of aldehydes is 1. The Labute approximate surface area is 160 Å². The van der Waals surface area contributed by atoms with E-state index in [1.807, 2.05) is 23.6 Å². The number of aliphatic carboxylic acids is 1. The molecule has 0 aliphatic carbocycles. The first-order valence-corrected chi connectivity index (χ1v) is 10.9. The summed E-state index contributed by atoms with van der Waals surface area (Å²) < 4.78 is 34.0. The van der Waals surface area contributed by atoms with E-state index in [1.165, 1.54) is 0 Å². The summed E-state index contributed by atoms with van der Waals surface area (Å²) in [5.41, 5.74) is 0.658. The molecule has 0 radical (unpaired) electrons. The summed E-state index contributed by atoms with van der Waals surface area (Å²) in [6.45, 7) is 0.558. The molecule has 1 aromatic carbocycles. The quantitative estimate of drug-likeness (QED) is 0.623. The standard InChI is InChI=1S/C17H20N2O6S2/c20-6-3-14(17(21)22)19-5-7-25-16(10-19)18-27(23,24)11-12-1-2-15-13(9-12)4-8-26-15/h1-2,4,6,8-9,14,16,18H,3,5,7,10-11H2,(H,21,22)/t14?,16-/m1/s1. The van der Waals surface area contributed by atoms with E-state index in [1.54, 1.807) is 22.3 Å². The topological polar surface area (TPSA) is 113 Å². The minimum atomic E-state index is -3.68. The largest absolute Gasteiger partial charge is 0.480 e. The van der Waals surface area contributed by atoms with Crippen LogP contribution in [0.15, 0.2) is 29.6 Å². The summed E-state index contributed by atoms with van der Waals surface area (Å²) in [6.07, 6.45) is -0.467. The molecule has 0 saturated carbocycles. The van der Waals surface area contributed by atoms with Crippen molar-refractivity contribution in [3.8, 4) is 0 Å². The summed E-state index contributed by atoms with van der Waals surface area (Å²) in [6, 6.07) is 6.45. The third-order valence-corrected chi connectivity index (χ3v) is 6.56. The highest BCUT2D eigenvalue weighted by molar-refractivity contribution is 7.88. The number of fused-ring (bicyclic) bond motifs is 1. The number of hydrogen-bond donors (Lipinski definition) is 2. The Morgan fingerprint density at radius 3 is 3.00 bits per heavy atom. The number of rotatable bonds is 8. The van der Waals surface area contributed by atoms with Gasteiger partial charge in [-0.25, -0.2) is 8.42 Å². The Morgan fingerprint density at radius 2 is 2.26 bits per heavy atom. The predicted molar refractivity (Wildman–Crippen MR) is 101 cm³/mol. The van der Waals surface area contributed by atoms with E-state index in [-0.39, 0.29) is 25.3 Å². The summed E-state index contributed by atoms with van der Waals surface area (Å²) in [4.78, 5) is 23.6. The van der Waals surface area contributed by atoms with Crippen molar-refractivity contribution in [2.75, 3.05) is 19.7 Å². The van der Waals surface area contributed by atoms with Crippen LogP contribution in [-0.4, -0.2) is 62.6 Å². The molecule has 0 bridgehead atoms. The van der Waals surface area contributed by atoms with Crippen LogP contribution in [0.2, 0.25) is 0 Å². The predicted octanol–water partition coefficient (Wildman–Crippen LogP) is 1.02. The number of thiophene rings is 1. The van der Waals surface area contributed by atoms with E-state index in [2.05, 4.69) is 4.72 Å². The van der Waals surface area contributed by atoms with Gasteiger partial charge in [0.25, 0.3) is 0 Å². The molecular formula is C17H20N2O6S2. The number of nitrogens with one attached hydrogen (secondary N) is 1. The lowest BCUT2D eigenvalue weighted by Crippen LogP contribution is -2.55. The Balaban J connectivity index is 1.65. The maximum absolute atomic E-state index is 12.5. The molecule has 2 N–H and O–H groups in total. The van der Waals surface area contributed by atoms with Crippen LogP contribution in [0.4, 0.5) is 0 Å². The molecule has 8 nitrogen and oxygen atoms in total. The first-order chi connectivity index (χ1) is 12.9. The van der Waals surface area contributed by atoms with Crippen LogP contribution in [0.3, 0.4) is 0 Å². The molecule has 2 atom stereocenters. The molecule has 1 aromatic heterocycles. The number of carboxylic acid groups (broad SMARTS) is 1. The zero-order valence-electron chi connectivity index (χ0n) is 14.4. The molecule has 1 saturated heterocycles. The molecule has 2 aromatic rings. The maximum atomic E-state index is 12.5. The molecule has 3 rings (SSSR count). The highest BCUT2D eigenvalue weighted by atomic mass is 32.2. The Bertz CT molecular complexity index is 926. The number of sulfonamides is 1. The van der Waals surface area contributed by atoms with E-state index in [9.17, 15) is 23.1 Å². The normalized spacial score (nSPS) is 19.8. The number of morpholine rings is 1. The van der Waals surface area contributed by atoms with Crippen LogP contribution in [0.1, 0.15) is 12.0 Å². The van der Waals surface area contributed by atoms with E-state index < -0.39 is 28.3 Å². The molecule has 2 heterocycles. The minimum Gasteiger partial charge on any atom is -0.480 e. The zero-order chi connectivity index (χ0) is 19.4. The third kappa shape index (κ3) is 5.11. The fourth-order valence-electron chi connectivity index (χ4n) is 3.09. The van der Waals surface area contributed by atoms with Gasteiger partial charge in [0.05, 0.1) is 12.4 Å². The van der Waals surface area contributed by atoms with Crippen molar-refractivity contribution >= 4 is 43.7 Å². The van der Waals surface area contributed by atoms with Crippen molar-refractivity contribution in [1.29, 1.82) is 0 Å². The van der Waals surface area contributed by atoms with Gasteiger partial charge in [0.15, 0.2) is 0 Å². The number of ether oxygens (including phenoxy) is 1. The van der Waals surface area contributed by atoms with Gasteiger partial charge in [-0.3, -0.25) is 9.69 Å². The SMILES string of the molecule is O=CCC(C(=O)O)N1CCO[C@@H](NS(=O)(=O)Cc2ccc3sccc3c2)C1. The number of carbonyl (C=O) groups excluding carboxylic acids is 1. The Morgan fingerprint density at radius 1 is 1.44 bits per heavy atom. The fourth-order valence-corrected chi connectivity index (χ4v) is 5.10. The average Bonchev–Trinajstić information content (AvgIpc) is 3.06. The second-order valence-electron chi connectivity index (χ2n) is 6.28. The molecule has 0 amide bonds. The van der Waals surface area contributed by atoms with Crippen molar-refractivity contribution < 1.29 is 27.9 Å². The average molecular weight is 412 g/mol. The summed E-state index contributed by atoms with van der Waals surface area (Å²) in [5.74, 6) is -1.32. The van der Waals surface area contributed by atoms with Gasteiger partial charge in [-0.1, -0.05) is 6.07 Å². The van der Waals surface area contributed by atoms with Gasteiger partial charge in [-0.2, -0.15) is 4.72 Å². The summed E-state index contributed by atoms with van der Waals surface area (Å²) in [5, 5.41) is 12.2. The smallest absolute Gasteiger partial charge is 0.321 e. The third-order valence-electron chi connectivity index (χ3n) is 4.33. The Hall–Kier alpha value is -1.85. The van der Waals surface area contributed by atoms with Crippen LogP contribution in [0.5, 0.6) is 0 Å². The lowest BCUT2D eigenvalue weighted by Gasteiger charge is -2.35. The lowest BCUT2D eigenvalue weighted by atomic mass is 10.1. The van der Waals surface area contributed by atoms with Crippen molar-refractivity contribution in [3.63, 3.8) is 0 Å². The van der Waals surface area contributed by atoms with Crippen molar-refractivity contribution in [1.82, 2.24) is 9.62 Å². The number of carboxylic acids is 1. The zero-order valence-corrected chi connectivity index (χ0v) is 16.0. The molecule has 1 aliphatic rings.